The first kappa shape index (κ1) is 10.0. The van der Waals surface area contributed by atoms with Gasteiger partial charge in [0.1, 0.15) is 0 Å². The minimum atomic E-state index is 0.0418. The van der Waals surface area contributed by atoms with Crippen molar-refractivity contribution in [1.29, 1.82) is 0 Å². The Morgan fingerprint density at radius 3 is 2.54 bits per heavy atom. The average Bonchev–Trinajstić information content (AvgIpc) is 2.49. The van der Waals surface area contributed by atoms with Crippen LogP contribution in [0.2, 0.25) is 0 Å². The molecule has 0 amide bonds. The van der Waals surface area contributed by atoms with Gasteiger partial charge in [-0.05, 0) is 17.0 Å². The molecule has 2 nitrogen and oxygen atoms in total. The topological polar surface area (TPSA) is 32.9 Å². The zero-order chi connectivity index (χ0) is 10.1. The first-order chi connectivity index (χ1) is 5.96. The van der Waals surface area contributed by atoms with Gasteiger partial charge in [0.25, 0.3) is 0 Å². The van der Waals surface area contributed by atoms with Crippen molar-refractivity contribution in [3.8, 4) is 0 Å². The van der Waals surface area contributed by atoms with Gasteiger partial charge in [-0.25, -0.2) is 0 Å². The summed E-state index contributed by atoms with van der Waals surface area (Å²) in [5, 5.41) is 0. The van der Waals surface area contributed by atoms with E-state index in [-0.39, 0.29) is 11.2 Å². The number of H-pyrrole nitrogens is 1. The average molecular weight is 179 g/mol. The summed E-state index contributed by atoms with van der Waals surface area (Å²) in [4.78, 5) is 14.5. The SMILES string of the molecule is CCC(=O)c1[nH]ccc1C(C)(C)C. The van der Waals surface area contributed by atoms with Crippen LogP contribution < -0.4 is 0 Å². The number of rotatable bonds is 2. The number of Topliss-reactive ketones (excluding diaryl/α,β-unsaturated/α-hetero) is 1. The molecule has 13 heavy (non-hydrogen) atoms. The molecule has 1 heterocycles. The molecule has 1 rings (SSSR count). The minimum Gasteiger partial charge on any atom is -0.359 e. The molecule has 0 saturated heterocycles. The molecular weight excluding hydrogens is 162 g/mol. The maximum Gasteiger partial charge on any atom is 0.179 e. The molecule has 0 fully saturated rings. The second-order valence-electron chi connectivity index (χ2n) is 4.29. The van der Waals surface area contributed by atoms with Crippen LogP contribution in [0.15, 0.2) is 12.3 Å². The lowest BCUT2D eigenvalue weighted by atomic mass is 9.86. The fraction of sp³-hybridized carbons (Fsp3) is 0.545. The summed E-state index contributed by atoms with van der Waals surface area (Å²) in [6, 6.07) is 1.99. The highest BCUT2D eigenvalue weighted by molar-refractivity contribution is 5.95. The van der Waals surface area contributed by atoms with Gasteiger partial charge in [-0.15, -0.1) is 0 Å². The van der Waals surface area contributed by atoms with Gasteiger partial charge in [0.2, 0.25) is 0 Å². The molecule has 0 spiro atoms. The van der Waals surface area contributed by atoms with Gasteiger partial charge < -0.3 is 4.98 Å². The highest BCUT2D eigenvalue weighted by atomic mass is 16.1. The van der Waals surface area contributed by atoms with Gasteiger partial charge in [-0.3, -0.25) is 4.79 Å². The Kier molecular flexibility index (Phi) is 2.60. The molecule has 0 unspecified atom stereocenters. The van der Waals surface area contributed by atoms with E-state index in [9.17, 15) is 4.79 Å². The second kappa shape index (κ2) is 3.36. The van der Waals surface area contributed by atoms with E-state index in [1.54, 1.807) is 0 Å². The summed E-state index contributed by atoms with van der Waals surface area (Å²) >= 11 is 0. The highest BCUT2D eigenvalue weighted by Crippen LogP contribution is 2.25. The second-order valence-corrected chi connectivity index (χ2v) is 4.29. The van der Waals surface area contributed by atoms with Crippen molar-refractivity contribution < 1.29 is 4.79 Å². The smallest absolute Gasteiger partial charge is 0.179 e. The third kappa shape index (κ3) is 2.00. The van der Waals surface area contributed by atoms with E-state index in [1.807, 2.05) is 19.2 Å². The van der Waals surface area contributed by atoms with Crippen LogP contribution in [0.1, 0.15) is 50.2 Å². The summed E-state index contributed by atoms with van der Waals surface area (Å²) in [7, 11) is 0. The molecule has 0 radical (unpaired) electrons. The minimum absolute atomic E-state index is 0.0418. The van der Waals surface area contributed by atoms with E-state index in [4.69, 9.17) is 0 Å². The summed E-state index contributed by atoms with van der Waals surface area (Å²) in [6.07, 6.45) is 2.40. The van der Waals surface area contributed by atoms with Gasteiger partial charge in [0, 0.05) is 12.6 Å². The number of carbonyl (C=O) groups excluding carboxylic acids is 1. The maximum absolute atomic E-state index is 11.5. The molecule has 0 aliphatic rings. The van der Waals surface area contributed by atoms with Crippen molar-refractivity contribution in [2.45, 2.75) is 39.5 Å². The number of hydrogen-bond acceptors (Lipinski definition) is 1. The van der Waals surface area contributed by atoms with Crippen LogP contribution in [0, 0.1) is 0 Å². The molecule has 2 heteroatoms. The Morgan fingerprint density at radius 2 is 2.08 bits per heavy atom. The molecule has 0 aliphatic heterocycles. The van der Waals surface area contributed by atoms with Crippen molar-refractivity contribution >= 4 is 5.78 Å². The predicted octanol–water partition coefficient (Wildman–Crippen LogP) is 2.90. The van der Waals surface area contributed by atoms with E-state index in [1.165, 1.54) is 0 Å². The van der Waals surface area contributed by atoms with Crippen molar-refractivity contribution in [2.75, 3.05) is 0 Å². The monoisotopic (exact) mass is 179 g/mol. The van der Waals surface area contributed by atoms with E-state index in [0.717, 1.165) is 11.3 Å². The molecule has 72 valence electrons. The van der Waals surface area contributed by atoms with Crippen LogP contribution in [0.25, 0.3) is 0 Å². The molecule has 0 aliphatic carbocycles. The van der Waals surface area contributed by atoms with Crippen molar-refractivity contribution in [2.24, 2.45) is 0 Å². The lowest BCUT2D eigenvalue weighted by Gasteiger charge is -2.18. The van der Waals surface area contributed by atoms with Crippen LogP contribution in [0.5, 0.6) is 0 Å². The molecule has 1 aromatic heterocycles. The Labute approximate surface area is 79.4 Å². The van der Waals surface area contributed by atoms with Gasteiger partial charge in [-0.1, -0.05) is 27.7 Å². The number of nitrogens with one attached hydrogen (secondary N) is 1. The summed E-state index contributed by atoms with van der Waals surface area (Å²) < 4.78 is 0. The number of hydrogen-bond donors (Lipinski definition) is 1. The quantitative estimate of drug-likeness (QED) is 0.696. The zero-order valence-corrected chi connectivity index (χ0v) is 8.77. The fourth-order valence-corrected chi connectivity index (χ4v) is 1.40. The third-order valence-electron chi connectivity index (χ3n) is 2.15. The highest BCUT2D eigenvalue weighted by Gasteiger charge is 2.21. The summed E-state index contributed by atoms with van der Waals surface area (Å²) in [5.74, 6) is 0.190. The molecule has 0 saturated carbocycles. The molecule has 0 atom stereocenters. The van der Waals surface area contributed by atoms with Crippen molar-refractivity contribution in [1.82, 2.24) is 4.98 Å². The molecule has 0 aromatic carbocycles. The Bertz CT molecular complexity index is 304. The van der Waals surface area contributed by atoms with Crippen molar-refractivity contribution in [3.63, 3.8) is 0 Å². The van der Waals surface area contributed by atoms with E-state index in [2.05, 4.69) is 25.8 Å². The lowest BCUT2D eigenvalue weighted by molar-refractivity contribution is 0.0982. The van der Waals surface area contributed by atoms with Gasteiger partial charge >= 0.3 is 0 Å². The largest absolute Gasteiger partial charge is 0.359 e. The van der Waals surface area contributed by atoms with Gasteiger partial charge in [-0.2, -0.15) is 0 Å². The van der Waals surface area contributed by atoms with Crippen LogP contribution >= 0.6 is 0 Å². The summed E-state index contributed by atoms with van der Waals surface area (Å²) in [6.45, 7) is 8.23. The van der Waals surface area contributed by atoms with Crippen LogP contribution in [-0.4, -0.2) is 10.8 Å². The normalized spacial score (nSPS) is 11.7. The van der Waals surface area contributed by atoms with Crippen molar-refractivity contribution in [3.05, 3.63) is 23.5 Å². The first-order valence-corrected chi connectivity index (χ1v) is 4.68. The standard InChI is InChI=1S/C11H17NO/c1-5-9(13)10-8(6-7-12-10)11(2,3)4/h6-7,12H,5H2,1-4H3. The molecule has 0 bridgehead atoms. The zero-order valence-electron chi connectivity index (χ0n) is 8.77. The third-order valence-corrected chi connectivity index (χ3v) is 2.15. The Morgan fingerprint density at radius 1 is 1.46 bits per heavy atom. The fourth-order valence-electron chi connectivity index (χ4n) is 1.40. The molecule has 1 N–H and O–H groups in total. The van der Waals surface area contributed by atoms with Gasteiger partial charge in [0.15, 0.2) is 5.78 Å². The van der Waals surface area contributed by atoms with E-state index in [0.29, 0.717) is 6.42 Å². The van der Waals surface area contributed by atoms with E-state index < -0.39 is 0 Å². The van der Waals surface area contributed by atoms with Crippen LogP contribution in [0.4, 0.5) is 0 Å². The number of aromatic amines is 1. The van der Waals surface area contributed by atoms with E-state index >= 15 is 0 Å². The Balaban J connectivity index is 3.10. The Hall–Kier alpha value is -1.05. The molecular formula is C11H17NO. The summed E-state index contributed by atoms with van der Waals surface area (Å²) in [5.41, 5.74) is 1.93. The predicted molar refractivity (Wildman–Crippen MR) is 54.1 cm³/mol. The number of carbonyl (C=O) groups is 1. The number of aromatic nitrogens is 1. The number of ketones is 1. The lowest BCUT2D eigenvalue weighted by Crippen LogP contribution is -2.15. The first-order valence-electron chi connectivity index (χ1n) is 4.68. The van der Waals surface area contributed by atoms with Gasteiger partial charge in [0.05, 0.1) is 5.69 Å². The molecule has 1 aromatic rings. The van der Waals surface area contributed by atoms with Crippen LogP contribution in [0.3, 0.4) is 0 Å². The van der Waals surface area contributed by atoms with Crippen LogP contribution in [-0.2, 0) is 5.41 Å². The maximum atomic E-state index is 11.5.